The Hall–Kier alpha value is -1.49. The molecule has 0 bridgehead atoms. The normalized spacial score (nSPS) is 17.4. The van der Waals surface area contributed by atoms with Crippen LogP contribution in [0.5, 0.6) is 0 Å². The molecule has 0 aliphatic carbocycles. The third-order valence-corrected chi connectivity index (χ3v) is 3.33. The van der Waals surface area contributed by atoms with Crippen LogP contribution in [0.15, 0.2) is 18.2 Å². The fraction of sp³-hybridized carbons (Fsp3) is 0.571. The summed E-state index contributed by atoms with van der Waals surface area (Å²) >= 11 is 0. The highest BCUT2D eigenvalue weighted by molar-refractivity contribution is 5.92. The Balaban J connectivity index is 1.76. The van der Waals surface area contributed by atoms with E-state index in [1.165, 1.54) is 31.0 Å². The van der Waals surface area contributed by atoms with Crippen molar-refractivity contribution in [2.45, 2.75) is 19.8 Å². The van der Waals surface area contributed by atoms with Crippen molar-refractivity contribution in [2.24, 2.45) is 5.92 Å². The molecule has 19 heavy (non-hydrogen) atoms. The Labute approximate surface area is 113 Å². The number of carbonyl (C=O) groups excluding carboxylic acids is 1. The molecule has 4 nitrogen and oxygen atoms in total. The second kappa shape index (κ2) is 6.61. The SMILES string of the molecule is CC(CNC(=O)c1cccc(F)n1)CN1CCCC1. The number of nitrogens with one attached hydrogen (secondary N) is 1. The average Bonchev–Trinajstić information content (AvgIpc) is 2.88. The fourth-order valence-electron chi connectivity index (χ4n) is 2.36. The van der Waals surface area contributed by atoms with E-state index in [1.807, 2.05) is 0 Å². The van der Waals surface area contributed by atoms with Gasteiger partial charge in [-0.15, -0.1) is 0 Å². The van der Waals surface area contributed by atoms with Crippen LogP contribution in [-0.2, 0) is 0 Å². The first kappa shape index (κ1) is 13.9. The number of halogens is 1. The van der Waals surface area contributed by atoms with Gasteiger partial charge in [0, 0.05) is 13.1 Å². The van der Waals surface area contributed by atoms with Gasteiger partial charge in [0.05, 0.1) is 0 Å². The lowest BCUT2D eigenvalue weighted by Gasteiger charge is -2.20. The van der Waals surface area contributed by atoms with Crippen molar-refractivity contribution in [3.05, 3.63) is 29.8 Å². The molecule has 1 amide bonds. The summed E-state index contributed by atoms with van der Waals surface area (Å²) in [5.74, 6) is -0.554. The maximum Gasteiger partial charge on any atom is 0.270 e. The Morgan fingerprint density at radius 1 is 1.47 bits per heavy atom. The van der Waals surface area contributed by atoms with E-state index in [0.717, 1.165) is 19.6 Å². The lowest BCUT2D eigenvalue weighted by Crippen LogP contribution is -2.34. The van der Waals surface area contributed by atoms with Crippen molar-refractivity contribution in [3.8, 4) is 0 Å². The molecule has 0 spiro atoms. The predicted molar refractivity (Wildman–Crippen MR) is 71.4 cm³/mol. The van der Waals surface area contributed by atoms with Crippen LogP contribution in [0.3, 0.4) is 0 Å². The van der Waals surface area contributed by atoms with Gasteiger partial charge in [-0.3, -0.25) is 4.79 Å². The second-order valence-electron chi connectivity index (χ2n) is 5.17. The van der Waals surface area contributed by atoms with Crippen LogP contribution in [0.2, 0.25) is 0 Å². The molecule has 1 unspecified atom stereocenters. The molecule has 104 valence electrons. The van der Waals surface area contributed by atoms with E-state index in [2.05, 4.69) is 22.1 Å². The average molecular weight is 265 g/mol. The number of amides is 1. The van der Waals surface area contributed by atoms with E-state index in [-0.39, 0.29) is 11.6 Å². The van der Waals surface area contributed by atoms with Crippen molar-refractivity contribution in [1.82, 2.24) is 15.2 Å². The molecule has 1 atom stereocenters. The minimum absolute atomic E-state index is 0.133. The highest BCUT2D eigenvalue weighted by atomic mass is 19.1. The molecule has 1 aromatic rings. The van der Waals surface area contributed by atoms with Gasteiger partial charge in [0.1, 0.15) is 5.69 Å². The molecule has 0 radical (unpaired) electrons. The van der Waals surface area contributed by atoms with Crippen LogP contribution in [0.1, 0.15) is 30.3 Å². The molecule has 1 saturated heterocycles. The summed E-state index contributed by atoms with van der Waals surface area (Å²) in [5.41, 5.74) is 0.133. The van der Waals surface area contributed by atoms with Crippen LogP contribution in [0.25, 0.3) is 0 Å². The van der Waals surface area contributed by atoms with Crippen LogP contribution < -0.4 is 5.32 Å². The minimum atomic E-state index is -0.627. The zero-order valence-electron chi connectivity index (χ0n) is 11.2. The highest BCUT2D eigenvalue weighted by Gasteiger charge is 2.15. The van der Waals surface area contributed by atoms with Gasteiger partial charge in [0.2, 0.25) is 5.95 Å². The summed E-state index contributed by atoms with van der Waals surface area (Å²) in [6, 6.07) is 4.24. The molecular weight excluding hydrogens is 245 g/mol. The quantitative estimate of drug-likeness (QED) is 0.824. The van der Waals surface area contributed by atoms with E-state index < -0.39 is 5.95 Å². The molecule has 0 aromatic carbocycles. The first-order valence-corrected chi connectivity index (χ1v) is 6.78. The zero-order chi connectivity index (χ0) is 13.7. The predicted octanol–water partition coefficient (Wildman–Crippen LogP) is 1.68. The Bertz CT molecular complexity index is 432. The number of rotatable bonds is 5. The van der Waals surface area contributed by atoms with Gasteiger partial charge >= 0.3 is 0 Å². The van der Waals surface area contributed by atoms with E-state index in [9.17, 15) is 9.18 Å². The minimum Gasteiger partial charge on any atom is -0.350 e. The van der Waals surface area contributed by atoms with Crippen LogP contribution in [-0.4, -0.2) is 42.0 Å². The standard InChI is InChI=1S/C14H20FN3O/c1-11(10-18-7-2-3-8-18)9-16-14(19)12-5-4-6-13(15)17-12/h4-6,11H,2-3,7-10H2,1H3,(H,16,19). The van der Waals surface area contributed by atoms with Gasteiger partial charge in [0.15, 0.2) is 0 Å². The summed E-state index contributed by atoms with van der Waals surface area (Å²) in [5, 5.41) is 2.81. The Morgan fingerprint density at radius 3 is 2.89 bits per heavy atom. The van der Waals surface area contributed by atoms with Gasteiger partial charge in [-0.1, -0.05) is 13.0 Å². The first-order valence-electron chi connectivity index (χ1n) is 6.78. The molecule has 1 N–H and O–H groups in total. The number of pyridine rings is 1. The molecular formula is C14H20FN3O. The van der Waals surface area contributed by atoms with Crippen molar-refractivity contribution in [2.75, 3.05) is 26.2 Å². The van der Waals surface area contributed by atoms with E-state index in [1.54, 1.807) is 0 Å². The number of carbonyl (C=O) groups is 1. The molecule has 1 aliphatic heterocycles. The highest BCUT2D eigenvalue weighted by Crippen LogP contribution is 2.09. The maximum absolute atomic E-state index is 12.9. The van der Waals surface area contributed by atoms with Gasteiger partial charge in [-0.25, -0.2) is 4.98 Å². The van der Waals surface area contributed by atoms with E-state index >= 15 is 0 Å². The third-order valence-electron chi connectivity index (χ3n) is 3.33. The molecule has 0 saturated carbocycles. The summed E-state index contributed by atoms with van der Waals surface area (Å²) < 4.78 is 12.9. The van der Waals surface area contributed by atoms with Gasteiger partial charge in [-0.05, 0) is 44.0 Å². The molecule has 2 heterocycles. The van der Waals surface area contributed by atoms with Crippen LogP contribution >= 0.6 is 0 Å². The lowest BCUT2D eigenvalue weighted by molar-refractivity contribution is 0.0939. The van der Waals surface area contributed by atoms with Gasteiger partial charge < -0.3 is 10.2 Å². The maximum atomic E-state index is 12.9. The number of aromatic nitrogens is 1. The summed E-state index contributed by atoms with van der Waals surface area (Å²) in [7, 11) is 0. The van der Waals surface area contributed by atoms with Crippen LogP contribution in [0.4, 0.5) is 4.39 Å². The Morgan fingerprint density at radius 2 is 2.21 bits per heavy atom. The van der Waals surface area contributed by atoms with Crippen molar-refractivity contribution >= 4 is 5.91 Å². The molecule has 2 rings (SSSR count). The number of nitrogens with zero attached hydrogens (tertiary/aromatic N) is 2. The monoisotopic (exact) mass is 265 g/mol. The van der Waals surface area contributed by atoms with Crippen molar-refractivity contribution in [3.63, 3.8) is 0 Å². The lowest BCUT2D eigenvalue weighted by atomic mass is 10.1. The molecule has 5 heteroatoms. The van der Waals surface area contributed by atoms with Crippen molar-refractivity contribution in [1.29, 1.82) is 0 Å². The van der Waals surface area contributed by atoms with E-state index in [4.69, 9.17) is 0 Å². The number of likely N-dealkylation sites (tertiary alicyclic amines) is 1. The fourth-order valence-corrected chi connectivity index (χ4v) is 2.36. The zero-order valence-corrected chi connectivity index (χ0v) is 11.2. The third kappa shape index (κ3) is 4.28. The summed E-state index contributed by atoms with van der Waals surface area (Å²) in [4.78, 5) is 17.8. The first-order chi connectivity index (χ1) is 9.15. The number of hydrogen-bond acceptors (Lipinski definition) is 3. The largest absolute Gasteiger partial charge is 0.350 e. The number of hydrogen-bond donors (Lipinski definition) is 1. The topological polar surface area (TPSA) is 45.2 Å². The summed E-state index contributed by atoms with van der Waals surface area (Å²) in [6.07, 6.45) is 2.54. The van der Waals surface area contributed by atoms with Gasteiger partial charge in [-0.2, -0.15) is 4.39 Å². The van der Waals surface area contributed by atoms with E-state index in [0.29, 0.717) is 12.5 Å². The molecule has 1 aromatic heterocycles. The van der Waals surface area contributed by atoms with Gasteiger partial charge in [0.25, 0.3) is 5.91 Å². The van der Waals surface area contributed by atoms with Crippen molar-refractivity contribution < 1.29 is 9.18 Å². The Kier molecular flexibility index (Phi) is 4.85. The molecule has 1 fully saturated rings. The smallest absolute Gasteiger partial charge is 0.270 e. The summed E-state index contributed by atoms with van der Waals surface area (Å²) in [6.45, 7) is 6.01. The second-order valence-corrected chi connectivity index (χ2v) is 5.17. The van der Waals surface area contributed by atoms with Crippen LogP contribution in [0, 0.1) is 11.9 Å². The molecule has 1 aliphatic rings.